The van der Waals surface area contributed by atoms with E-state index < -0.39 is 0 Å². The predicted molar refractivity (Wildman–Crippen MR) is 116 cm³/mol. The van der Waals surface area contributed by atoms with Crippen LogP contribution < -0.4 is 0 Å². The van der Waals surface area contributed by atoms with Crippen molar-refractivity contribution in [1.82, 2.24) is 30.0 Å². The first kappa shape index (κ1) is 18.6. The van der Waals surface area contributed by atoms with E-state index in [0.29, 0.717) is 22.2 Å². The van der Waals surface area contributed by atoms with Crippen LogP contribution in [0.3, 0.4) is 0 Å². The lowest BCUT2D eigenvalue weighted by Gasteiger charge is -2.18. The van der Waals surface area contributed by atoms with E-state index in [0.717, 1.165) is 16.1 Å². The summed E-state index contributed by atoms with van der Waals surface area (Å²) in [6.45, 7) is 6.59. The summed E-state index contributed by atoms with van der Waals surface area (Å²) in [6, 6.07) is 16.5. The average Bonchev–Trinajstić information content (AvgIpc) is 3.43. The third-order valence-electron chi connectivity index (χ3n) is 4.95. The highest BCUT2D eigenvalue weighted by Crippen LogP contribution is 2.30. The molecule has 0 saturated carbocycles. The minimum absolute atomic E-state index is 0.107. The number of benzene rings is 2. The average molecular weight is 419 g/mol. The highest BCUT2D eigenvalue weighted by Gasteiger charge is 2.18. The smallest absolute Gasteiger partial charge is 0.235 e. The molecule has 0 spiro atoms. The maximum Gasteiger partial charge on any atom is 0.235 e. The van der Waals surface area contributed by atoms with Crippen molar-refractivity contribution in [2.75, 3.05) is 0 Å². The Labute approximate surface area is 176 Å². The molecule has 0 radical (unpaired) electrons. The summed E-state index contributed by atoms with van der Waals surface area (Å²) in [5.41, 5.74) is 4.65. The standard InChI is InChI=1S/C22H19FN6S/c1-22(2,3)15-8-4-14(5-9-15)20-28-29-19(26-27-21(29)30-20)18-12-17(24-25-18)13-6-10-16(23)11-7-13/h4-12H,1-3H3,(H,24,25). The molecule has 8 heteroatoms. The summed E-state index contributed by atoms with van der Waals surface area (Å²) >= 11 is 1.49. The van der Waals surface area contributed by atoms with Crippen molar-refractivity contribution < 1.29 is 4.39 Å². The number of aromatic amines is 1. The molecule has 0 aliphatic carbocycles. The number of fused-ring (bicyclic) bond motifs is 1. The normalized spacial score (nSPS) is 12.0. The summed E-state index contributed by atoms with van der Waals surface area (Å²) in [5, 5.41) is 21.4. The van der Waals surface area contributed by atoms with Gasteiger partial charge in [0.25, 0.3) is 0 Å². The van der Waals surface area contributed by atoms with Crippen LogP contribution in [-0.4, -0.2) is 30.0 Å². The topological polar surface area (TPSA) is 71.8 Å². The molecule has 6 nitrogen and oxygen atoms in total. The molecule has 0 bridgehead atoms. The molecular weight excluding hydrogens is 399 g/mol. The van der Waals surface area contributed by atoms with Gasteiger partial charge in [0.15, 0.2) is 0 Å². The quantitative estimate of drug-likeness (QED) is 0.429. The first-order valence-corrected chi connectivity index (χ1v) is 10.3. The van der Waals surface area contributed by atoms with Crippen LogP contribution in [0.25, 0.3) is 38.3 Å². The number of hydrogen-bond donors (Lipinski definition) is 1. The molecular formula is C22H19FN6S. The molecule has 0 aliphatic rings. The molecule has 0 saturated heterocycles. The minimum Gasteiger partial charge on any atom is -0.274 e. The number of halogens is 1. The monoisotopic (exact) mass is 418 g/mol. The Bertz CT molecular complexity index is 1320. The maximum atomic E-state index is 13.2. The van der Waals surface area contributed by atoms with E-state index in [-0.39, 0.29) is 11.2 Å². The lowest BCUT2D eigenvalue weighted by molar-refractivity contribution is 0.590. The summed E-state index contributed by atoms with van der Waals surface area (Å²) < 4.78 is 14.9. The largest absolute Gasteiger partial charge is 0.274 e. The molecule has 5 rings (SSSR count). The Balaban J connectivity index is 1.49. The van der Waals surface area contributed by atoms with Gasteiger partial charge in [0.1, 0.15) is 16.5 Å². The van der Waals surface area contributed by atoms with Gasteiger partial charge in [-0.25, -0.2) is 4.39 Å². The van der Waals surface area contributed by atoms with E-state index in [9.17, 15) is 4.39 Å². The molecule has 2 aromatic carbocycles. The summed E-state index contributed by atoms with van der Waals surface area (Å²) in [5.74, 6) is 0.305. The van der Waals surface area contributed by atoms with E-state index in [4.69, 9.17) is 5.10 Å². The number of hydrogen-bond acceptors (Lipinski definition) is 5. The fourth-order valence-electron chi connectivity index (χ4n) is 3.22. The Kier molecular flexibility index (Phi) is 4.25. The van der Waals surface area contributed by atoms with E-state index in [2.05, 4.69) is 65.4 Å². The molecule has 3 heterocycles. The maximum absolute atomic E-state index is 13.2. The summed E-state index contributed by atoms with van der Waals surface area (Å²) in [6.07, 6.45) is 0. The first-order valence-electron chi connectivity index (χ1n) is 9.53. The van der Waals surface area contributed by atoms with Gasteiger partial charge >= 0.3 is 0 Å². The fraction of sp³-hybridized carbons (Fsp3) is 0.182. The number of nitrogens with zero attached hydrogens (tertiary/aromatic N) is 5. The van der Waals surface area contributed by atoms with Crippen LogP contribution in [-0.2, 0) is 5.41 Å². The van der Waals surface area contributed by atoms with Gasteiger partial charge in [-0.1, -0.05) is 56.4 Å². The van der Waals surface area contributed by atoms with Crippen LogP contribution in [0.4, 0.5) is 4.39 Å². The van der Waals surface area contributed by atoms with Gasteiger partial charge in [-0.15, -0.1) is 10.2 Å². The van der Waals surface area contributed by atoms with Gasteiger partial charge in [0.2, 0.25) is 10.8 Å². The molecule has 1 N–H and O–H groups in total. The molecule has 3 aromatic heterocycles. The molecule has 0 amide bonds. The van der Waals surface area contributed by atoms with Crippen LogP contribution >= 0.6 is 11.3 Å². The van der Waals surface area contributed by atoms with Gasteiger partial charge in [-0.2, -0.15) is 14.7 Å². The van der Waals surface area contributed by atoms with Crippen molar-refractivity contribution in [1.29, 1.82) is 0 Å². The zero-order valence-electron chi connectivity index (χ0n) is 16.7. The minimum atomic E-state index is -0.279. The van der Waals surface area contributed by atoms with Gasteiger partial charge in [0, 0.05) is 11.1 Å². The number of rotatable bonds is 3. The number of aromatic nitrogens is 6. The molecule has 0 fully saturated rings. The molecule has 0 atom stereocenters. The van der Waals surface area contributed by atoms with E-state index >= 15 is 0 Å². The van der Waals surface area contributed by atoms with Gasteiger partial charge in [0.05, 0.1) is 5.69 Å². The second-order valence-corrected chi connectivity index (χ2v) is 9.08. The zero-order chi connectivity index (χ0) is 20.9. The van der Waals surface area contributed by atoms with Crippen molar-refractivity contribution in [3.05, 3.63) is 66.0 Å². The van der Waals surface area contributed by atoms with Gasteiger partial charge < -0.3 is 0 Å². The lowest BCUT2D eigenvalue weighted by Crippen LogP contribution is -2.10. The Morgan fingerprint density at radius 2 is 1.63 bits per heavy atom. The molecule has 0 unspecified atom stereocenters. The molecule has 30 heavy (non-hydrogen) atoms. The van der Waals surface area contributed by atoms with E-state index in [1.165, 1.54) is 29.0 Å². The third-order valence-corrected chi connectivity index (χ3v) is 5.90. The van der Waals surface area contributed by atoms with Crippen molar-refractivity contribution in [2.24, 2.45) is 0 Å². The molecule has 5 aromatic rings. The Hall–Kier alpha value is -3.39. The fourth-order valence-corrected chi connectivity index (χ4v) is 4.06. The van der Waals surface area contributed by atoms with Crippen molar-refractivity contribution in [3.8, 4) is 33.3 Å². The lowest BCUT2D eigenvalue weighted by atomic mass is 9.87. The van der Waals surface area contributed by atoms with Crippen molar-refractivity contribution >= 4 is 16.3 Å². The zero-order valence-corrected chi connectivity index (χ0v) is 17.5. The van der Waals surface area contributed by atoms with Crippen LogP contribution in [0.2, 0.25) is 0 Å². The van der Waals surface area contributed by atoms with Crippen molar-refractivity contribution in [2.45, 2.75) is 26.2 Å². The van der Waals surface area contributed by atoms with Crippen LogP contribution in [0.5, 0.6) is 0 Å². The van der Waals surface area contributed by atoms with Crippen LogP contribution in [0.15, 0.2) is 54.6 Å². The summed E-state index contributed by atoms with van der Waals surface area (Å²) in [7, 11) is 0. The number of H-pyrrole nitrogens is 1. The second-order valence-electron chi connectivity index (χ2n) is 8.13. The van der Waals surface area contributed by atoms with E-state index in [1.54, 1.807) is 16.6 Å². The number of nitrogens with one attached hydrogen (secondary N) is 1. The first-order chi connectivity index (χ1) is 14.4. The predicted octanol–water partition coefficient (Wildman–Crippen LogP) is 5.35. The third kappa shape index (κ3) is 3.29. The van der Waals surface area contributed by atoms with Crippen molar-refractivity contribution in [3.63, 3.8) is 0 Å². The Morgan fingerprint density at radius 1 is 0.933 bits per heavy atom. The van der Waals surface area contributed by atoms with Crippen LogP contribution in [0, 0.1) is 5.82 Å². The van der Waals surface area contributed by atoms with Gasteiger partial charge in [-0.3, -0.25) is 5.10 Å². The summed E-state index contributed by atoms with van der Waals surface area (Å²) in [4.78, 5) is 0.706. The second kappa shape index (κ2) is 6.84. The highest BCUT2D eigenvalue weighted by molar-refractivity contribution is 7.19. The molecule has 150 valence electrons. The highest BCUT2D eigenvalue weighted by atomic mass is 32.1. The molecule has 0 aliphatic heterocycles. The van der Waals surface area contributed by atoms with Gasteiger partial charge in [-0.05, 0) is 41.3 Å². The Morgan fingerprint density at radius 3 is 2.33 bits per heavy atom. The van der Waals surface area contributed by atoms with Crippen LogP contribution in [0.1, 0.15) is 26.3 Å². The van der Waals surface area contributed by atoms with E-state index in [1.807, 2.05) is 6.07 Å². The SMILES string of the molecule is CC(C)(C)c1ccc(-c2nn3c(-c4cc(-c5ccc(F)cc5)n[nH]4)nnc3s2)cc1.